The fraction of sp³-hybridized carbons (Fsp3) is 0.471. The molecule has 2 atom stereocenters. The van der Waals surface area contributed by atoms with E-state index in [4.69, 9.17) is 14.0 Å². The van der Waals surface area contributed by atoms with E-state index in [1.54, 1.807) is 18.3 Å². The number of hydrogen-bond acceptors (Lipinski definition) is 6. The number of nitrogens with one attached hydrogen (secondary N) is 1. The number of hydrogen-bond donors (Lipinski definition) is 1. The lowest BCUT2D eigenvalue weighted by Gasteiger charge is -2.18. The number of carbonyl (C=O) groups is 1. The van der Waals surface area contributed by atoms with Crippen LogP contribution in [-0.2, 0) is 11.2 Å². The van der Waals surface area contributed by atoms with E-state index in [-0.39, 0.29) is 17.9 Å². The highest BCUT2D eigenvalue weighted by molar-refractivity contribution is 5.96. The molecule has 3 rings (SSSR count). The van der Waals surface area contributed by atoms with E-state index in [9.17, 15) is 4.79 Å². The zero-order valence-corrected chi connectivity index (χ0v) is 13.8. The number of aromatic nitrogens is 2. The summed E-state index contributed by atoms with van der Waals surface area (Å²) in [5, 5.41) is 6.92. The lowest BCUT2D eigenvalue weighted by Crippen LogP contribution is -2.40. The van der Waals surface area contributed by atoms with Gasteiger partial charge in [0.25, 0.3) is 5.91 Å². The van der Waals surface area contributed by atoms with Crippen molar-refractivity contribution >= 4 is 5.91 Å². The Bertz CT molecular complexity index is 701. The first-order chi connectivity index (χ1) is 11.7. The topological polar surface area (TPSA) is 86.5 Å². The van der Waals surface area contributed by atoms with Crippen molar-refractivity contribution in [2.24, 2.45) is 5.92 Å². The first kappa shape index (κ1) is 16.4. The van der Waals surface area contributed by atoms with Crippen molar-refractivity contribution in [2.75, 3.05) is 19.8 Å². The van der Waals surface area contributed by atoms with Crippen LogP contribution in [0.4, 0.5) is 0 Å². The zero-order chi connectivity index (χ0) is 16.9. The molecular weight excluding hydrogens is 310 g/mol. The van der Waals surface area contributed by atoms with Gasteiger partial charge in [0.1, 0.15) is 11.3 Å². The van der Waals surface area contributed by atoms with Gasteiger partial charge in [-0.2, -0.15) is 0 Å². The van der Waals surface area contributed by atoms with Gasteiger partial charge in [-0.3, -0.25) is 4.79 Å². The van der Waals surface area contributed by atoms with Gasteiger partial charge < -0.3 is 19.3 Å². The molecule has 2 aromatic rings. The Morgan fingerprint density at radius 1 is 1.46 bits per heavy atom. The lowest BCUT2D eigenvalue weighted by molar-refractivity contribution is 0.0920. The van der Waals surface area contributed by atoms with Crippen molar-refractivity contribution in [3.63, 3.8) is 0 Å². The summed E-state index contributed by atoms with van der Waals surface area (Å²) < 4.78 is 16.2. The third kappa shape index (κ3) is 3.73. The van der Waals surface area contributed by atoms with Gasteiger partial charge in [-0.25, -0.2) is 4.98 Å². The molecule has 0 radical (unpaired) electrons. The number of pyridine rings is 1. The molecule has 1 saturated heterocycles. The zero-order valence-electron chi connectivity index (χ0n) is 13.8. The van der Waals surface area contributed by atoms with Crippen LogP contribution in [0.5, 0.6) is 5.88 Å². The van der Waals surface area contributed by atoms with Crippen LogP contribution in [0.15, 0.2) is 28.9 Å². The standard InChI is InChI=1S/C17H21N3O4/c1-3-23-17-14(5-4-6-18-17)16(21)19-15-10-22-9-12(15)8-13-7-11(2)20-24-13/h4-7,12,15H,3,8-10H2,1-2H3,(H,19,21)/t12-,15+/m1/s1. The van der Waals surface area contributed by atoms with E-state index in [0.717, 1.165) is 11.5 Å². The molecule has 0 aliphatic carbocycles. The highest BCUT2D eigenvalue weighted by Crippen LogP contribution is 2.21. The summed E-state index contributed by atoms with van der Waals surface area (Å²) >= 11 is 0. The van der Waals surface area contributed by atoms with Crippen LogP contribution in [0.25, 0.3) is 0 Å². The number of ether oxygens (including phenoxy) is 2. The molecule has 0 spiro atoms. The minimum atomic E-state index is -0.208. The molecule has 0 aromatic carbocycles. The van der Waals surface area contributed by atoms with Crippen LogP contribution in [0.2, 0.25) is 0 Å². The van der Waals surface area contributed by atoms with Crippen molar-refractivity contribution in [1.29, 1.82) is 0 Å². The summed E-state index contributed by atoms with van der Waals surface area (Å²) in [4.78, 5) is 16.7. The Balaban J connectivity index is 1.67. The molecule has 7 heteroatoms. The second kappa shape index (κ2) is 7.44. The van der Waals surface area contributed by atoms with E-state index in [2.05, 4.69) is 15.5 Å². The molecule has 24 heavy (non-hydrogen) atoms. The summed E-state index contributed by atoms with van der Waals surface area (Å²) in [5.74, 6) is 1.09. The third-order valence-corrected chi connectivity index (χ3v) is 3.95. The SMILES string of the molecule is CCOc1ncccc1C(=O)N[C@H]1COC[C@H]1Cc1cc(C)no1. The fourth-order valence-electron chi connectivity index (χ4n) is 2.79. The molecule has 7 nitrogen and oxygen atoms in total. The monoisotopic (exact) mass is 331 g/mol. The Labute approximate surface area is 140 Å². The number of carbonyl (C=O) groups excluding carboxylic acids is 1. The van der Waals surface area contributed by atoms with Crippen LogP contribution in [0, 0.1) is 12.8 Å². The number of amides is 1. The van der Waals surface area contributed by atoms with Crippen molar-refractivity contribution < 1.29 is 18.8 Å². The predicted octanol–water partition coefficient (Wildman–Crippen LogP) is 1.76. The second-order valence-electron chi connectivity index (χ2n) is 5.81. The average Bonchev–Trinajstić information content (AvgIpc) is 3.18. The van der Waals surface area contributed by atoms with Gasteiger partial charge in [0, 0.05) is 24.6 Å². The number of aryl methyl sites for hydroxylation is 1. The van der Waals surface area contributed by atoms with Crippen molar-refractivity contribution in [1.82, 2.24) is 15.5 Å². The fourth-order valence-corrected chi connectivity index (χ4v) is 2.79. The summed E-state index contributed by atoms with van der Waals surface area (Å²) in [6.07, 6.45) is 2.28. The van der Waals surface area contributed by atoms with Gasteiger partial charge >= 0.3 is 0 Å². The Morgan fingerprint density at radius 3 is 3.08 bits per heavy atom. The molecule has 1 aliphatic rings. The molecule has 0 bridgehead atoms. The van der Waals surface area contributed by atoms with Crippen molar-refractivity contribution in [2.45, 2.75) is 26.3 Å². The van der Waals surface area contributed by atoms with Gasteiger partial charge in [0.2, 0.25) is 5.88 Å². The first-order valence-electron chi connectivity index (χ1n) is 8.06. The van der Waals surface area contributed by atoms with Crippen molar-refractivity contribution in [3.8, 4) is 5.88 Å². The Hall–Kier alpha value is -2.41. The molecule has 1 amide bonds. The molecule has 2 aromatic heterocycles. The van der Waals surface area contributed by atoms with Crippen molar-refractivity contribution in [3.05, 3.63) is 41.4 Å². The van der Waals surface area contributed by atoms with Crippen LogP contribution in [0.1, 0.15) is 28.7 Å². The second-order valence-corrected chi connectivity index (χ2v) is 5.81. The molecule has 1 aliphatic heterocycles. The van der Waals surface area contributed by atoms with Gasteiger partial charge in [0.15, 0.2) is 0 Å². The van der Waals surface area contributed by atoms with Crippen LogP contribution in [0.3, 0.4) is 0 Å². The maximum atomic E-state index is 12.6. The minimum Gasteiger partial charge on any atom is -0.477 e. The summed E-state index contributed by atoms with van der Waals surface area (Å²) in [6.45, 7) is 5.26. The summed E-state index contributed by atoms with van der Waals surface area (Å²) in [5.41, 5.74) is 1.28. The first-order valence-corrected chi connectivity index (χ1v) is 8.06. The largest absolute Gasteiger partial charge is 0.477 e. The summed E-state index contributed by atoms with van der Waals surface area (Å²) in [6, 6.07) is 5.25. The molecular formula is C17H21N3O4. The summed E-state index contributed by atoms with van der Waals surface area (Å²) in [7, 11) is 0. The average molecular weight is 331 g/mol. The number of rotatable bonds is 6. The van der Waals surface area contributed by atoms with E-state index >= 15 is 0 Å². The molecule has 3 heterocycles. The molecule has 1 fully saturated rings. The smallest absolute Gasteiger partial charge is 0.257 e. The minimum absolute atomic E-state index is 0.0856. The van der Waals surface area contributed by atoms with Crippen LogP contribution in [-0.4, -0.2) is 41.9 Å². The lowest BCUT2D eigenvalue weighted by atomic mass is 9.98. The van der Waals surface area contributed by atoms with Gasteiger partial charge in [-0.05, 0) is 26.0 Å². The Morgan fingerprint density at radius 2 is 2.33 bits per heavy atom. The number of nitrogens with zero attached hydrogens (tertiary/aromatic N) is 2. The predicted molar refractivity (Wildman–Crippen MR) is 85.9 cm³/mol. The molecule has 128 valence electrons. The quantitative estimate of drug-likeness (QED) is 0.868. The molecule has 0 saturated carbocycles. The van der Waals surface area contributed by atoms with Crippen LogP contribution < -0.4 is 10.1 Å². The van der Waals surface area contributed by atoms with E-state index in [1.807, 2.05) is 19.9 Å². The third-order valence-electron chi connectivity index (χ3n) is 3.95. The van der Waals surface area contributed by atoms with Gasteiger partial charge in [-0.1, -0.05) is 5.16 Å². The van der Waals surface area contributed by atoms with E-state index < -0.39 is 0 Å². The maximum absolute atomic E-state index is 12.6. The highest BCUT2D eigenvalue weighted by atomic mass is 16.5. The highest BCUT2D eigenvalue weighted by Gasteiger charge is 2.31. The molecule has 1 N–H and O–H groups in total. The van der Waals surface area contributed by atoms with Crippen LogP contribution >= 0.6 is 0 Å². The van der Waals surface area contributed by atoms with E-state index in [1.165, 1.54) is 0 Å². The molecule has 0 unspecified atom stereocenters. The van der Waals surface area contributed by atoms with Gasteiger partial charge in [-0.15, -0.1) is 0 Å². The Kier molecular flexibility index (Phi) is 5.10. The van der Waals surface area contributed by atoms with E-state index in [0.29, 0.717) is 37.7 Å². The van der Waals surface area contributed by atoms with Gasteiger partial charge in [0.05, 0.1) is 31.6 Å². The normalized spacial score (nSPS) is 20.1. The maximum Gasteiger partial charge on any atom is 0.257 e.